The van der Waals surface area contributed by atoms with Crippen LogP contribution in [0.25, 0.3) is 0 Å². The van der Waals surface area contributed by atoms with Gasteiger partial charge in [0.15, 0.2) is 0 Å². The van der Waals surface area contributed by atoms with Crippen LogP contribution in [0.15, 0.2) is 77.7 Å². The summed E-state index contributed by atoms with van der Waals surface area (Å²) in [5.74, 6) is -1.04. The van der Waals surface area contributed by atoms with Gasteiger partial charge in [-0.2, -0.15) is 0 Å². The molecule has 0 unspecified atom stereocenters. The average Bonchev–Trinajstić information content (AvgIpc) is 3.06. The third kappa shape index (κ3) is 10.0. The minimum atomic E-state index is -4.09. The van der Waals surface area contributed by atoms with E-state index >= 15 is 0 Å². The quantitative estimate of drug-likeness (QED) is 0.321. The molecule has 260 valence electrons. The van der Waals surface area contributed by atoms with Crippen molar-refractivity contribution in [2.75, 3.05) is 38.1 Å². The number of aliphatic hydroxyl groups is 1. The first-order valence-corrected chi connectivity index (χ1v) is 17.8. The van der Waals surface area contributed by atoms with Crippen LogP contribution in [-0.2, 0) is 26.0 Å². The summed E-state index contributed by atoms with van der Waals surface area (Å²) < 4.78 is 54.7. The Morgan fingerprint density at radius 1 is 1.08 bits per heavy atom. The molecule has 0 aliphatic carbocycles. The smallest absolute Gasteiger partial charge is 0.261 e. The Morgan fingerprint density at radius 3 is 2.48 bits per heavy atom. The fourth-order valence-electron chi connectivity index (χ4n) is 5.55. The van der Waals surface area contributed by atoms with Crippen molar-refractivity contribution in [3.8, 4) is 5.75 Å². The van der Waals surface area contributed by atoms with E-state index in [1.54, 1.807) is 24.9 Å². The highest BCUT2D eigenvalue weighted by molar-refractivity contribution is 7.92. The predicted molar refractivity (Wildman–Crippen MR) is 182 cm³/mol. The van der Waals surface area contributed by atoms with Gasteiger partial charge < -0.3 is 24.4 Å². The lowest BCUT2D eigenvalue weighted by molar-refractivity contribution is -0.131. The Balaban J connectivity index is 1.63. The second kappa shape index (κ2) is 16.9. The van der Waals surface area contributed by atoms with E-state index in [-0.39, 0.29) is 59.4 Å². The molecule has 4 atom stereocenters. The first-order valence-electron chi connectivity index (χ1n) is 16.3. The van der Waals surface area contributed by atoms with Crippen LogP contribution in [0, 0.1) is 11.7 Å². The van der Waals surface area contributed by atoms with Crippen molar-refractivity contribution in [2.24, 2.45) is 5.92 Å². The second-order valence-electron chi connectivity index (χ2n) is 12.5. The van der Waals surface area contributed by atoms with Gasteiger partial charge in [-0.1, -0.05) is 37.3 Å². The lowest BCUT2D eigenvalue weighted by atomic mass is 10.0. The number of nitrogens with zero attached hydrogens (tertiary/aromatic N) is 2. The first kappa shape index (κ1) is 36.8. The van der Waals surface area contributed by atoms with E-state index in [4.69, 9.17) is 9.47 Å². The van der Waals surface area contributed by atoms with Gasteiger partial charge in [0.25, 0.3) is 15.9 Å². The summed E-state index contributed by atoms with van der Waals surface area (Å²) in [6, 6.07) is 17.8. The maximum atomic E-state index is 14.3. The summed E-state index contributed by atoms with van der Waals surface area (Å²) in [6.07, 6.45) is 1.85. The number of aliphatic hydroxyl groups excluding tert-OH is 1. The van der Waals surface area contributed by atoms with E-state index in [0.717, 1.165) is 42.7 Å². The number of ether oxygens (including phenoxy) is 2. The molecule has 0 saturated carbocycles. The summed E-state index contributed by atoms with van der Waals surface area (Å²) in [7, 11) is -2.35. The molecule has 0 aromatic heterocycles. The Morgan fingerprint density at radius 2 is 1.79 bits per heavy atom. The topological polar surface area (TPSA) is 125 Å². The predicted octanol–water partition coefficient (Wildman–Crippen LogP) is 5.12. The summed E-state index contributed by atoms with van der Waals surface area (Å²) in [4.78, 5) is 30.5. The maximum Gasteiger partial charge on any atom is 0.261 e. The van der Waals surface area contributed by atoms with E-state index in [0.29, 0.717) is 19.6 Å². The van der Waals surface area contributed by atoms with Crippen LogP contribution in [0.2, 0.25) is 0 Å². The standard InChI is InChI=1S/C36H46FN3O7S/c1-25-22-40(26(2)24-41)36(43)32-21-30(38-48(44,45)31-16-13-29(37)14-17-31)15-18-33(32)47-27(3)10-8-9-19-46-34(25)23-39(4)35(42)20-28-11-6-5-7-12-28/h5-7,11-18,21,25-27,34,38,41H,8-10,19-20,22-24H2,1-4H3/t25-,26-,27+,34-/m0/s1. The van der Waals surface area contributed by atoms with Crippen molar-refractivity contribution in [2.45, 2.75) is 69.6 Å². The van der Waals surface area contributed by atoms with Crippen molar-refractivity contribution in [3.05, 3.63) is 89.7 Å². The van der Waals surface area contributed by atoms with Crippen LogP contribution >= 0.6 is 0 Å². The van der Waals surface area contributed by atoms with E-state index in [1.807, 2.05) is 44.2 Å². The van der Waals surface area contributed by atoms with Gasteiger partial charge in [-0.3, -0.25) is 14.3 Å². The Kier molecular flexibility index (Phi) is 13.0. The summed E-state index contributed by atoms with van der Waals surface area (Å²) in [5, 5.41) is 10.2. The monoisotopic (exact) mass is 683 g/mol. The number of benzene rings is 3. The van der Waals surface area contributed by atoms with Gasteiger partial charge in [0, 0.05) is 38.3 Å². The molecule has 1 aliphatic rings. The van der Waals surface area contributed by atoms with Crippen molar-refractivity contribution in [3.63, 3.8) is 0 Å². The molecule has 0 saturated heterocycles. The maximum absolute atomic E-state index is 14.3. The third-order valence-electron chi connectivity index (χ3n) is 8.51. The fraction of sp³-hybridized carbons (Fsp3) is 0.444. The molecule has 3 aromatic rings. The molecule has 4 rings (SSSR count). The van der Waals surface area contributed by atoms with Crippen LogP contribution in [0.3, 0.4) is 0 Å². The Bertz CT molecular complexity index is 1620. The molecule has 1 heterocycles. The molecule has 48 heavy (non-hydrogen) atoms. The molecule has 2 N–H and O–H groups in total. The fourth-order valence-corrected chi connectivity index (χ4v) is 6.60. The number of nitrogens with one attached hydrogen (secondary N) is 1. The number of hydrogen-bond acceptors (Lipinski definition) is 7. The number of amides is 2. The van der Waals surface area contributed by atoms with Crippen LogP contribution in [-0.4, -0.2) is 86.7 Å². The molecule has 1 aliphatic heterocycles. The number of rotatable bonds is 9. The Labute approximate surface area is 282 Å². The van der Waals surface area contributed by atoms with Crippen molar-refractivity contribution >= 4 is 27.5 Å². The molecule has 12 heteroatoms. The van der Waals surface area contributed by atoms with Crippen LogP contribution in [0.4, 0.5) is 10.1 Å². The second-order valence-corrected chi connectivity index (χ2v) is 14.2. The van der Waals surface area contributed by atoms with Gasteiger partial charge in [0.1, 0.15) is 11.6 Å². The van der Waals surface area contributed by atoms with Crippen molar-refractivity contribution < 1.29 is 37.0 Å². The average molecular weight is 684 g/mol. The number of anilines is 1. The zero-order valence-corrected chi connectivity index (χ0v) is 28.8. The molecule has 0 radical (unpaired) electrons. The largest absolute Gasteiger partial charge is 0.490 e. The third-order valence-corrected chi connectivity index (χ3v) is 9.90. The number of fused-ring (bicyclic) bond motifs is 1. The lowest BCUT2D eigenvalue weighted by Gasteiger charge is -2.36. The van der Waals surface area contributed by atoms with Gasteiger partial charge in [-0.15, -0.1) is 0 Å². The molecule has 3 aromatic carbocycles. The van der Waals surface area contributed by atoms with Gasteiger partial charge in [0.2, 0.25) is 5.91 Å². The molecular formula is C36H46FN3O7S. The number of halogens is 1. The van der Waals surface area contributed by atoms with Gasteiger partial charge in [-0.25, -0.2) is 12.8 Å². The minimum absolute atomic E-state index is 0.0522. The molecule has 0 spiro atoms. The van der Waals surface area contributed by atoms with Gasteiger partial charge in [0.05, 0.1) is 41.7 Å². The summed E-state index contributed by atoms with van der Waals surface area (Å²) >= 11 is 0. The number of sulfonamides is 1. The number of likely N-dealkylation sites (N-methyl/N-ethyl adjacent to an activating group) is 1. The molecule has 10 nitrogen and oxygen atoms in total. The molecule has 0 bridgehead atoms. The lowest BCUT2D eigenvalue weighted by Crippen LogP contribution is -2.48. The first-order chi connectivity index (χ1) is 22.9. The summed E-state index contributed by atoms with van der Waals surface area (Å²) in [5.41, 5.74) is 1.16. The molecule has 0 fully saturated rings. The van der Waals surface area contributed by atoms with Crippen LogP contribution in [0.1, 0.15) is 56.0 Å². The minimum Gasteiger partial charge on any atom is -0.490 e. The van der Waals surface area contributed by atoms with Crippen LogP contribution in [0.5, 0.6) is 5.75 Å². The van der Waals surface area contributed by atoms with Crippen molar-refractivity contribution in [1.29, 1.82) is 0 Å². The molecular weight excluding hydrogens is 637 g/mol. The number of hydrogen-bond donors (Lipinski definition) is 2. The van der Waals surface area contributed by atoms with Crippen molar-refractivity contribution in [1.82, 2.24) is 9.80 Å². The summed E-state index contributed by atoms with van der Waals surface area (Å²) in [6.45, 7) is 6.23. The van der Waals surface area contributed by atoms with Gasteiger partial charge >= 0.3 is 0 Å². The van der Waals surface area contributed by atoms with E-state index in [9.17, 15) is 27.5 Å². The SMILES string of the molecule is C[C@@H]1CCCCO[C@@H](CN(C)C(=O)Cc2ccccc2)[C@@H](C)CN([C@@H](C)CO)C(=O)c2cc(NS(=O)(=O)c3ccc(F)cc3)ccc2O1. The number of carbonyl (C=O) groups is 2. The highest BCUT2D eigenvalue weighted by atomic mass is 32.2. The van der Waals surface area contributed by atoms with E-state index in [1.165, 1.54) is 17.0 Å². The zero-order chi connectivity index (χ0) is 34.8. The Hall–Kier alpha value is -4.00. The zero-order valence-electron chi connectivity index (χ0n) is 28.0. The molecule has 2 amide bonds. The highest BCUT2D eigenvalue weighted by Gasteiger charge is 2.31. The van der Waals surface area contributed by atoms with Crippen LogP contribution < -0.4 is 9.46 Å². The highest BCUT2D eigenvalue weighted by Crippen LogP contribution is 2.29. The normalized spacial score (nSPS) is 20.2. The van der Waals surface area contributed by atoms with E-state index in [2.05, 4.69) is 4.72 Å². The van der Waals surface area contributed by atoms with E-state index < -0.39 is 33.9 Å². The number of carbonyl (C=O) groups excluding carboxylic acids is 2. The van der Waals surface area contributed by atoms with Gasteiger partial charge in [-0.05, 0) is 81.1 Å².